The first kappa shape index (κ1) is 28.1. The minimum absolute atomic E-state index is 0.0261. The average molecular weight is 531 g/mol. The van der Waals surface area contributed by atoms with Gasteiger partial charge in [-0.25, -0.2) is 15.2 Å². The molecule has 0 unspecified atom stereocenters. The molecule has 8 heteroatoms. The molecule has 2 amide bonds. The molecule has 1 aliphatic carbocycles. The summed E-state index contributed by atoms with van der Waals surface area (Å²) in [4.78, 5) is 29.8. The number of hydrogen-bond donors (Lipinski definition) is 2. The summed E-state index contributed by atoms with van der Waals surface area (Å²) in [6.45, 7) is 6.41. The molecule has 4 rings (SSSR count). The van der Waals surface area contributed by atoms with Gasteiger partial charge in [0.15, 0.2) is 0 Å². The summed E-state index contributed by atoms with van der Waals surface area (Å²) >= 11 is 0. The number of hydrogen-bond acceptors (Lipinski definition) is 6. The molecule has 0 atom stereocenters. The maximum Gasteiger partial charge on any atom is 0.425 e. The highest BCUT2D eigenvalue weighted by atomic mass is 16.6. The van der Waals surface area contributed by atoms with E-state index in [0.717, 1.165) is 48.2 Å². The van der Waals surface area contributed by atoms with Crippen molar-refractivity contribution >= 4 is 17.7 Å². The Labute approximate surface area is 230 Å². The van der Waals surface area contributed by atoms with Crippen LogP contribution in [0.1, 0.15) is 57.6 Å². The van der Waals surface area contributed by atoms with Crippen molar-refractivity contribution < 1.29 is 19.1 Å². The normalized spacial score (nSPS) is 17.2. The van der Waals surface area contributed by atoms with Crippen LogP contribution >= 0.6 is 0 Å². The molecule has 0 aliphatic heterocycles. The summed E-state index contributed by atoms with van der Waals surface area (Å²) in [7, 11) is 0. The fourth-order valence-corrected chi connectivity index (χ4v) is 4.48. The second kappa shape index (κ2) is 13.2. The number of nitrogens with zero attached hydrogens (tertiary/aromatic N) is 2. The van der Waals surface area contributed by atoms with Crippen LogP contribution in [0.4, 0.5) is 10.5 Å². The zero-order valence-electron chi connectivity index (χ0n) is 22.9. The second-order valence-corrected chi connectivity index (χ2v) is 10.9. The average Bonchev–Trinajstić information content (AvgIpc) is 2.93. The van der Waals surface area contributed by atoms with E-state index in [2.05, 4.69) is 15.7 Å². The first-order valence-corrected chi connectivity index (χ1v) is 13.5. The Bertz CT molecular complexity index is 1190. The van der Waals surface area contributed by atoms with Gasteiger partial charge in [0.05, 0.1) is 6.54 Å². The molecule has 1 fully saturated rings. The summed E-state index contributed by atoms with van der Waals surface area (Å²) in [5.41, 5.74) is 5.57. The van der Waals surface area contributed by atoms with Crippen LogP contribution in [-0.4, -0.2) is 33.6 Å². The molecule has 0 bridgehead atoms. The lowest BCUT2D eigenvalue weighted by molar-refractivity contribution is -0.121. The van der Waals surface area contributed by atoms with Crippen molar-refractivity contribution in [2.24, 2.45) is 5.92 Å². The van der Waals surface area contributed by atoms with Crippen LogP contribution in [-0.2, 0) is 22.7 Å². The molecule has 1 heterocycles. The lowest BCUT2D eigenvalue weighted by Gasteiger charge is -2.34. The van der Waals surface area contributed by atoms with E-state index in [0.29, 0.717) is 13.2 Å². The van der Waals surface area contributed by atoms with E-state index >= 15 is 0 Å². The van der Waals surface area contributed by atoms with Crippen LogP contribution in [0.5, 0.6) is 5.75 Å². The number of rotatable bonds is 9. The van der Waals surface area contributed by atoms with Crippen LogP contribution in [0.25, 0.3) is 0 Å². The molecule has 8 nitrogen and oxygen atoms in total. The number of carbonyl (C=O) groups excluding carboxylic acids is 2. The lowest BCUT2D eigenvalue weighted by Crippen LogP contribution is -2.50. The van der Waals surface area contributed by atoms with Gasteiger partial charge in [-0.15, -0.1) is 0 Å². The molecular formula is C31H38N4O4. The van der Waals surface area contributed by atoms with Gasteiger partial charge in [-0.05, 0) is 81.8 Å². The summed E-state index contributed by atoms with van der Waals surface area (Å²) in [5, 5.41) is 4.52. The van der Waals surface area contributed by atoms with E-state index < -0.39 is 11.7 Å². The molecule has 1 aromatic heterocycles. The first-order valence-electron chi connectivity index (χ1n) is 13.5. The van der Waals surface area contributed by atoms with Crippen LogP contribution in [0.2, 0.25) is 0 Å². The number of aromatic nitrogens is 1. The molecule has 0 radical (unpaired) electrons. The highest BCUT2D eigenvalue weighted by molar-refractivity contribution is 5.92. The third-order valence-electron chi connectivity index (χ3n) is 6.51. The van der Waals surface area contributed by atoms with Gasteiger partial charge in [-0.2, -0.15) is 0 Å². The van der Waals surface area contributed by atoms with Gasteiger partial charge in [0.1, 0.15) is 18.0 Å². The highest BCUT2D eigenvalue weighted by Gasteiger charge is 2.30. The van der Waals surface area contributed by atoms with E-state index in [1.807, 2.05) is 75.4 Å². The quantitative estimate of drug-likeness (QED) is 0.325. The molecular weight excluding hydrogens is 492 g/mol. The Morgan fingerprint density at radius 1 is 0.897 bits per heavy atom. The minimum atomic E-state index is -0.616. The monoisotopic (exact) mass is 530 g/mol. The van der Waals surface area contributed by atoms with Crippen molar-refractivity contribution in [3.05, 3.63) is 90.3 Å². The largest absolute Gasteiger partial charge is 0.489 e. The molecule has 2 aromatic carbocycles. The van der Waals surface area contributed by atoms with E-state index in [4.69, 9.17) is 9.47 Å². The summed E-state index contributed by atoms with van der Waals surface area (Å²) in [6.07, 6.45) is 5.93. The van der Waals surface area contributed by atoms with Gasteiger partial charge in [0, 0.05) is 30.0 Å². The van der Waals surface area contributed by atoms with Gasteiger partial charge in [-0.3, -0.25) is 9.78 Å². The molecule has 1 aliphatic rings. The Balaban J connectivity index is 1.33. The standard InChI is InChI=1S/C31H38N4O4/c1-31(2,3)39-30(37)35(21-23-9-15-28(16-10-23)38-22-24-7-5-4-6-8-24)34-27-13-11-25(12-14-27)29(36)33-26-17-19-32-20-18-26/h4-10,15-20,25,27,34H,11-14,21-22H2,1-3H3,(H,32,33,36). The molecule has 2 N–H and O–H groups in total. The topological polar surface area (TPSA) is 92.8 Å². The van der Waals surface area contributed by atoms with Crippen LogP contribution in [0.3, 0.4) is 0 Å². The number of ether oxygens (including phenoxy) is 2. The SMILES string of the molecule is CC(C)(C)OC(=O)N(Cc1ccc(OCc2ccccc2)cc1)NC1CCC(C(=O)Nc2ccncc2)CC1. The fourth-order valence-electron chi connectivity index (χ4n) is 4.48. The third-order valence-corrected chi connectivity index (χ3v) is 6.51. The molecule has 0 saturated heterocycles. The predicted molar refractivity (Wildman–Crippen MR) is 151 cm³/mol. The van der Waals surface area contributed by atoms with Crippen molar-refractivity contribution in [2.75, 3.05) is 5.32 Å². The maximum absolute atomic E-state index is 13.1. The number of amides is 2. The van der Waals surface area contributed by atoms with Gasteiger partial charge >= 0.3 is 6.09 Å². The number of benzene rings is 2. The Kier molecular flexibility index (Phi) is 9.54. The summed E-state index contributed by atoms with van der Waals surface area (Å²) in [6, 6.07) is 21.4. The van der Waals surface area contributed by atoms with Crippen LogP contribution < -0.4 is 15.5 Å². The Morgan fingerprint density at radius 3 is 2.21 bits per heavy atom. The molecule has 0 spiro atoms. The number of anilines is 1. The minimum Gasteiger partial charge on any atom is -0.489 e. The number of nitrogens with one attached hydrogen (secondary N) is 2. The number of pyridine rings is 1. The van der Waals surface area contributed by atoms with E-state index in [9.17, 15) is 9.59 Å². The highest BCUT2D eigenvalue weighted by Crippen LogP contribution is 2.26. The van der Waals surface area contributed by atoms with Crippen molar-refractivity contribution in [3.8, 4) is 5.75 Å². The molecule has 1 saturated carbocycles. The van der Waals surface area contributed by atoms with Crippen molar-refractivity contribution in [2.45, 2.75) is 71.2 Å². The van der Waals surface area contributed by atoms with E-state index in [1.54, 1.807) is 29.5 Å². The summed E-state index contributed by atoms with van der Waals surface area (Å²) in [5.74, 6) is 0.732. The fraction of sp³-hybridized carbons (Fsp3) is 0.387. The number of carbonyl (C=O) groups is 2. The molecule has 3 aromatic rings. The van der Waals surface area contributed by atoms with Crippen molar-refractivity contribution in [1.29, 1.82) is 0 Å². The molecule has 206 valence electrons. The smallest absolute Gasteiger partial charge is 0.425 e. The lowest BCUT2D eigenvalue weighted by atomic mass is 9.85. The predicted octanol–water partition coefficient (Wildman–Crippen LogP) is 6.10. The zero-order valence-corrected chi connectivity index (χ0v) is 22.9. The van der Waals surface area contributed by atoms with E-state index in [1.165, 1.54) is 0 Å². The van der Waals surface area contributed by atoms with Crippen molar-refractivity contribution in [3.63, 3.8) is 0 Å². The second-order valence-electron chi connectivity index (χ2n) is 10.9. The maximum atomic E-state index is 13.1. The van der Waals surface area contributed by atoms with Gasteiger partial charge in [0.2, 0.25) is 5.91 Å². The Morgan fingerprint density at radius 2 is 1.56 bits per heavy atom. The van der Waals surface area contributed by atoms with Crippen molar-refractivity contribution in [1.82, 2.24) is 15.4 Å². The Hall–Kier alpha value is -3.91. The van der Waals surface area contributed by atoms with Gasteiger partial charge in [-0.1, -0.05) is 42.5 Å². The van der Waals surface area contributed by atoms with Crippen LogP contribution in [0.15, 0.2) is 79.1 Å². The van der Waals surface area contributed by atoms with Crippen LogP contribution in [0, 0.1) is 5.92 Å². The van der Waals surface area contributed by atoms with Gasteiger partial charge in [0.25, 0.3) is 0 Å². The first-order chi connectivity index (χ1) is 18.7. The summed E-state index contributed by atoms with van der Waals surface area (Å²) < 4.78 is 11.6. The van der Waals surface area contributed by atoms with E-state index in [-0.39, 0.29) is 17.9 Å². The number of hydrazine groups is 1. The molecule has 39 heavy (non-hydrogen) atoms. The zero-order chi connectivity index (χ0) is 27.7. The van der Waals surface area contributed by atoms with Gasteiger partial charge < -0.3 is 14.8 Å². The third kappa shape index (κ3) is 9.11.